The summed E-state index contributed by atoms with van der Waals surface area (Å²) in [5, 5.41) is 9.34. The fraction of sp³-hybridized carbons (Fsp3) is 0.500. The highest BCUT2D eigenvalue weighted by Crippen LogP contribution is 2.35. The first-order chi connectivity index (χ1) is 8.36. The van der Waals surface area contributed by atoms with Crippen LogP contribution in [-0.4, -0.2) is 17.3 Å². The Morgan fingerprint density at radius 3 is 2.50 bits per heavy atom. The average Bonchev–Trinajstić information content (AvgIpc) is 2.65. The van der Waals surface area contributed by atoms with Crippen molar-refractivity contribution >= 4 is 5.69 Å². The molecule has 1 aliphatic carbocycles. The van der Waals surface area contributed by atoms with E-state index in [0.29, 0.717) is 19.3 Å². The normalized spacial score (nSPS) is 24.2. The lowest BCUT2D eigenvalue weighted by atomic mass is 10.2. The molecular weight excluding hydrogens is 247 g/mol. The number of rotatable bonds is 2. The van der Waals surface area contributed by atoms with E-state index < -0.39 is 17.8 Å². The number of alkyl halides is 3. The summed E-state index contributed by atoms with van der Waals surface area (Å²) < 4.78 is 42.8. The number of hydrogen-bond acceptors (Lipinski definition) is 3. The van der Waals surface area contributed by atoms with Crippen LogP contribution in [-0.2, 0) is 6.18 Å². The van der Waals surface area contributed by atoms with Crippen molar-refractivity contribution in [3.05, 3.63) is 23.8 Å². The lowest BCUT2D eigenvalue weighted by molar-refractivity contribution is -0.137. The molecule has 0 heterocycles. The van der Waals surface area contributed by atoms with Crippen molar-refractivity contribution in [2.45, 2.75) is 37.6 Å². The molecule has 1 saturated carbocycles. The smallest absolute Gasteiger partial charge is 0.416 e. The summed E-state index contributed by atoms with van der Waals surface area (Å²) in [4.78, 5) is 0. The van der Waals surface area contributed by atoms with Gasteiger partial charge in [0.25, 0.3) is 0 Å². The lowest BCUT2D eigenvalue weighted by Crippen LogP contribution is -2.15. The van der Waals surface area contributed by atoms with Gasteiger partial charge in [0.2, 0.25) is 0 Å². The molecule has 2 unspecified atom stereocenters. The minimum atomic E-state index is -4.41. The number of anilines is 1. The fourth-order valence-corrected chi connectivity index (χ4v) is 2.04. The van der Waals surface area contributed by atoms with E-state index in [-0.39, 0.29) is 17.5 Å². The molecule has 1 aromatic carbocycles. The maximum absolute atomic E-state index is 12.4. The van der Waals surface area contributed by atoms with Crippen molar-refractivity contribution in [1.29, 1.82) is 0 Å². The van der Waals surface area contributed by atoms with Gasteiger partial charge in [-0.25, -0.2) is 0 Å². The molecule has 3 nitrogen and oxygen atoms in total. The third kappa shape index (κ3) is 2.87. The standard InChI is InChI=1S/C12H14F3NO2/c13-12(14,15)7-1-4-11(10(16)5-7)18-9-3-2-8(17)6-9/h1,4-5,8-9,17H,2-3,6,16H2. The zero-order valence-corrected chi connectivity index (χ0v) is 9.57. The maximum Gasteiger partial charge on any atom is 0.416 e. The van der Waals surface area contributed by atoms with Gasteiger partial charge in [-0.2, -0.15) is 13.2 Å². The van der Waals surface area contributed by atoms with Gasteiger partial charge in [0.05, 0.1) is 17.4 Å². The van der Waals surface area contributed by atoms with Gasteiger partial charge in [0.1, 0.15) is 11.9 Å². The van der Waals surface area contributed by atoms with Crippen molar-refractivity contribution in [3.63, 3.8) is 0 Å². The van der Waals surface area contributed by atoms with Crippen molar-refractivity contribution in [2.24, 2.45) is 0 Å². The highest BCUT2D eigenvalue weighted by molar-refractivity contribution is 5.54. The van der Waals surface area contributed by atoms with Gasteiger partial charge in [-0.15, -0.1) is 0 Å². The van der Waals surface area contributed by atoms with Gasteiger partial charge < -0.3 is 15.6 Å². The second-order valence-corrected chi connectivity index (χ2v) is 4.46. The first-order valence-corrected chi connectivity index (χ1v) is 5.67. The summed E-state index contributed by atoms with van der Waals surface area (Å²) >= 11 is 0. The number of nitrogen functional groups attached to an aromatic ring is 1. The molecule has 2 rings (SSSR count). The van der Waals surface area contributed by atoms with Crippen LogP contribution in [0.5, 0.6) is 5.75 Å². The minimum Gasteiger partial charge on any atom is -0.488 e. The summed E-state index contributed by atoms with van der Waals surface area (Å²) in [5.74, 6) is 0.238. The van der Waals surface area contributed by atoms with Gasteiger partial charge in [-0.1, -0.05) is 0 Å². The Bertz CT molecular complexity index is 434. The van der Waals surface area contributed by atoms with Crippen LogP contribution in [0.25, 0.3) is 0 Å². The number of aliphatic hydroxyl groups is 1. The molecule has 2 atom stereocenters. The van der Waals surface area contributed by atoms with Crippen LogP contribution in [0.2, 0.25) is 0 Å². The lowest BCUT2D eigenvalue weighted by Gasteiger charge is -2.16. The molecule has 0 aliphatic heterocycles. The molecule has 18 heavy (non-hydrogen) atoms. The quantitative estimate of drug-likeness (QED) is 0.804. The molecule has 100 valence electrons. The molecule has 0 saturated heterocycles. The molecule has 0 amide bonds. The SMILES string of the molecule is Nc1cc(C(F)(F)F)ccc1OC1CCC(O)C1. The Hall–Kier alpha value is -1.43. The molecule has 0 spiro atoms. The van der Waals surface area contributed by atoms with Crippen molar-refractivity contribution in [2.75, 3.05) is 5.73 Å². The largest absolute Gasteiger partial charge is 0.488 e. The Balaban J connectivity index is 2.10. The molecule has 1 fully saturated rings. The highest BCUT2D eigenvalue weighted by Gasteiger charge is 2.31. The van der Waals surface area contributed by atoms with Gasteiger partial charge in [-0.05, 0) is 31.0 Å². The van der Waals surface area contributed by atoms with Crippen LogP contribution in [0, 0.1) is 0 Å². The average molecular weight is 261 g/mol. The summed E-state index contributed by atoms with van der Waals surface area (Å²) in [6, 6.07) is 3.03. The third-order valence-corrected chi connectivity index (χ3v) is 2.99. The number of ether oxygens (including phenoxy) is 1. The number of hydrogen-bond donors (Lipinski definition) is 2. The second kappa shape index (κ2) is 4.68. The monoisotopic (exact) mass is 261 g/mol. The van der Waals surface area contributed by atoms with Gasteiger partial charge in [0.15, 0.2) is 0 Å². The molecule has 6 heteroatoms. The molecule has 1 aromatic rings. The maximum atomic E-state index is 12.4. The van der Waals surface area contributed by atoms with Crippen LogP contribution >= 0.6 is 0 Å². The molecule has 0 bridgehead atoms. The van der Waals surface area contributed by atoms with E-state index in [1.165, 1.54) is 6.07 Å². The van der Waals surface area contributed by atoms with E-state index in [0.717, 1.165) is 12.1 Å². The minimum absolute atomic E-state index is 0.0359. The molecule has 0 radical (unpaired) electrons. The topological polar surface area (TPSA) is 55.5 Å². The summed E-state index contributed by atoms with van der Waals surface area (Å²) in [7, 11) is 0. The van der Waals surface area contributed by atoms with Gasteiger partial charge in [0, 0.05) is 6.42 Å². The van der Waals surface area contributed by atoms with E-state index in [1.807, 2.05) is 0 Å². The number of benzene rings is 1. The highest BCUT2D eigenvalue weighted by atomic mass is 19.4. The summed E-state index contributed by atoms with van der Waals surface area (Å²) in [5.41, 5.74) is 4.71. The third-order valence-electron chi connectivity index (χ3n) is 2.99. The van der Waals surface area contributed by atoms with Gasteiger partial charge >= 0.3 is 6.18 Å². The molecule has 1 aliphatic rings. The van der Waals surface area contributed by atoms with E-state index in [1.54, 1.807) is 0 Å². The Kier molecular flexibility index (Phi) is 3.38. The number of aliphatic hydroxyl groups excluding tert-OH is 1. The van der Waals surface area contributed by atoms with Crippen LogP contribution in [0.15, 0.2) is 18.2 Å². The van der Waals surface area contributed by atoms with Crippen molar-refractivity contribution in [1.82, 2.24) is 0 Å². The van der Waals surface area contributed by atoms with Crippen molar-refractivity contribution < 1.29 is 23.0 Å². The van der Waals surface area contributed by atoms with Gasteiger partial charge in [-0.3, -0.25) is 0 Å². The Morgan fingerprint density at radius 2 is 2.00 bits per heavy atom. The van der Waals surface area contributed by atoms with E-state index in [9.17, 15) is 18.3 Å². The molecule has 0 aromatic heterocycles. The first-order valence-electron chi connectivity index (χ1n) is 5.67. The zero-order chi connectivity index (χ0) is 13.3. The van der Waals surface area contributed by atoms with E-state index in [4.69, 9.17) is 10.5 Å². The Labute approximate surface area is 102 Å². The van der Waals surface area contributed by atoms with E-state index in [2.05, 4.69) is 0 Å². The van der Waals surface area contributed by atoms with Crippen LogP contribution < -0.4 is 10.5 Å². The van der Waals surface area contributed by atoms with Crippen LogP contribution in [0.3, 0.4) is 0 Å². The van der Waals surface area contributed by atoms with Crippen molar-refractivity contribution in [3.8, 4) is 5.75 Å². The zero-order valence-electron chi connectivity index (χ0n) is 9.57. The van der Waals surface area contributed by atoms with Crippen LogP contribution in [0.4, 0.5) is 18.9 Å². The van der Waals surface area contributed by atoms with E-state index >= 15 is 0 Å². The Morgan fingerprint density at radius 1 is 1.28 bits per heavy atom. The first kappa shape index (κ1) is 13.0. The predicted molar refractivity (Wildman–Crippen MR) is 60.1 cm³/mol. The summed E-state index contributed by atoms with van der Waals surface area (Å²) in [6.07, 6.45) is -3.17. The summed E-state index contributed by atoms with van der Waals surface area (Å²) in [6.45, 7) is 0. The molecule has 3 N–H and O–H groups in total. The van der Waals surface area contributed by atoms with Crippen LogP contribution in [0.1, 0.15) is 24.8 Å². The number of nitrogens with two attached hydrogens (primary N) is 1. The second-order valence-electron chi connectivity index (χ2n) is 4.46. The number of halogens is 3. The predicted octanol–water partition coefficient (Wildman–Crippen LogP) is 2.58. The fourth-order valence-electron chi connectivity index (χ4n) is 2.04. The molecular formula is C12H14F3NO2.